The molecule has 94 valence electrons. The van der Waals surface area contributed by atoms with E-state index in [1.165, 1.54) is 0 Å². The first-order chi connectivity index (χ1) is 8.26. The Hall–Kier alpha value is -1.55. The number of methoxy groups -OCH3 is 1. The minimum absolute atomic E-state index is 0.179. The summed E-state index contributed by atoms with van der Waals surface area (Å²) in [5.41, 5.74) is 6.27. The summed E-state index contributed by atoms with van der Waals surface area (Å²) in [6, 6.07) is 7.48. The standard InChI is InChI=1S/C13H19NO3/c1-16-12-6-4-5-11(9-12)10-17-13(15)7-2-3-8-14/h4-6,9H,2-3,7-8,10,14H2,1H3. The third kappa shape index (κ3) is 5.36. The van der Waals surface area contributed by atoms with Crippen molar-refractivity contribution in [2.24, 2.45) is 5.73 Å². The quantitative estimate of drug-likeness (QED) is 0.581. The third-order valence-electron chi connectivity index (χ3n) is 2.37. The summed E-state index contributed by atoms with van der Waals surface area (Å²) in [7, 11) is 1.61. The van der Waals surface area contributed by atoms with E-state index in [9.17, 15) is 4.79 Å². The summed E-state index contributed by atoms with van der Waals surface area (Å²) >= 11 is 0. The van der Waals surface area contributed by atoms with Crippen LogP contribution in [0.5, 0.6) is 5.75 Å². The maximum atomic E-state index is 11.4. The largest absolute Gasteiger partial charge is 0.497 e. The number of ether oxygens (including phenoxy) is 2. The summed E-state index contributed by atoms with van der Waals surface area (Å²) in [5, 5.41) is 0. The second-order valence-corrected chi connectivity index (χ2v) is 3.76. The lowest BCUT2D eigenvalue weighted by Gasteiger charge is -2.06. The zero-order valence-electron chi connectivity index (χ0n) is 10.1. The lowest BCUT2D eigenvalue weighted by Crippen LogP contribution is -2.06. The highest BCUT2D eigenvalue weighted by Crippen LogP contribution is 2.13. The van der Waals surface area contributed by atoms with Gasteiger partial charge in [-0.1, -0.05) is 12.1 Å². The van der Waals surface area contributed by atoms with Crippen molar-refractivity contribution in [2.75, 3.05) is 13.7 Å². The number of esters is 1. The van der Waals surface area contributed by atoms with E-state index in [0.717, 1.165) is 24.2 Å². The highest BCUT2D eigenvalue weighted by Gasteiger charge is 2.03. The van der Waals surface area contributed by atoms with Gasteiger partial charge < -0.3 is 15.2 Å². The van der Waals surface area contributed by atoms with Crippen molar-refractivity contribution in [2.45, 2.75) is 25.9 Å². The van der Waals surface area contributed by atoms with Gasteiger partial charge in [0.1, 0.15) is 12.4 Å². The summed E-state index contributed by atoms with van der Waals surface area (Å²) in [6.45, 7) is 0.905. The molecule has 4 nitrogen and oxygen atoms in total. The van der Waals surface area contributed by atoms with Gasteiger partial charge in [0.05, 0.1) is 7.11 Å². The lowest BCUT2D eigenvalue weighted by molar-refractivity contribution is -0.145. The Morgan fingerprint density at radius 3 is 2.88 bits per heavy atom. The molecule has 0 atom stereocenters. The normalized spacial score (nSPS) is 10.0. The van der Waals surface area contributed by atoms with Crippen LogP contribution in [0.4, 0.5) is 0 Å². The zero-order chi connectivity index (χ0) is 12.5. The SMILES string of the molecule is COc1cccc(COC(=O)CCCCN)c1. The van der Waals surface area contributed by atoms with Crippen LogP contribution in [0, 0.1) is 0 Å². The smallest absolute Gasteiger partial charge is 0.306 e. The summed E-state index contributed by atoms with van der Waals surface area (Å²) in [4.78, 5) is 11.4. The molecule has 0 bridgehead atoms. The van der Waals surface area contributed by atoms with Crippen molar-refractivity contribution in [3.05, 3.63) is 29.8 Å². The second-order valence-electron chi connectivity index (χ2n) is 3.76. The number of nitrogens with two attached hydrogens (primary N) is 1. The van der Waals surface area contributed by atoms with Gasteiger partial charge in [0, 0.05) is 6.42 Å². The molecular weight excluding hydrogens is 218 g/mol. The predicted molar refractivity (Wildman–Crippen MR) is 65.7 cm³/mol. The van der Waals surface area contributed by atoms with Gasteiger partial charge in [-0.05, 0) is 37.1 Å². The predicted octanol–water partition coefficient (Wildman–Crippen LogP) is 1.87. The molecule has 0 unspecified atom stereocenters. The second kappa shape index (κ2) is 7.68. The van der Waals surface area contributed by atoms with Gasteiger partial charge in [0.2, 0.25) is 0 Å². The van der Waals surface area contributed by atoms with E-state index >= 15 is 0 Å². The van der Waals surface area contributed by atoms with Crippen molar-refractivity contribution in [3.63, 3.8) is 0 Å². The minimum atomic E-state index is -0.179. The highest BCUT2D eigenvalue weighted by molar-refractivity contribution is 5.69. The van der Waals surface area contributed by atoms with Crippen molar-refractivity contribution in [1.29, 1.82) is 0 Å². The molecule has 0 aliphatic carbocycles. The molecule has 0 aliphatic heterocycles. The summed E-state index contributed by atoms with van der Waals surface area (Å²) < 4.78 is 10.2. The molecule has 1 aromatic rings. The van der Waals surface area contributed by atoms with Crippen LogP contribution in [0.2, 0.25) is 0 Å². The molecule has 0 saturated carbocycles. The molecule has 0 aliphatic rings. The van der Waals surface area contributed by atoms with E-state index in [2.05, 4.69) is 0 Å². The molecule has 1 aromatic carbocycles. The van der Waals surface area contributed by atoms with Crippen molar-refractivity contribution >= 4 is 5.97 Å². The van der Waals surface area contributed by atoms with Gasteiger partial charge in [-0.2, -0.15) is 0 Å². The van der Waals surface area contributed by atoms with Crippen LogP contribution in [0.15, 0.2) is 24.3 Å². The molecule has 0 aromatic heterocycles. The van der Waals surface area contributed by atoms with Crippen LogP contribution in [-0.2, 0) is 16.1 Å². The van der Waals surface area contributed by atoms with E-state index in [0.29, 0.717) is 19.6 Å². The van der Waals surface area contributed by atoms with Gasteiger partial charge in [-0.15, -0.1) is 0 Å². The topological polar surface area (TPSA) is 61.5 Å². The first-order valence-corrected chi connectivity index (χ1v) is 5.75. The molecular formula is C13H19NO3. The first-order valence-electron chi connectivity index (χ1n) is 5.75. The van der Waals surface area contributed by atoms with Crippen LogP contribution in [0.25, 0.3) is 0 Å². The van der Waals surface area contributed by atoms with Gasteiger partial charge in [-0.3, -0.25) is 4.79 Å². The molecule has 0 radical (unpaired) electrons. The molecule has 0 saturated heterocycles. The van der Waals surface area contributed by atoms with Crippen LogP contribution in [0.1, 0.15) is 24.8 Å². The summed E-state index contributed by atoms with van der Waals surface area (Å²) in [6.07, 6.45) is 2.07. The highest BCUT2D eigenvalue weighted by atomic mass is 16.5. The van der Waals surface area contributed by atoms with Gasteiger partial charge in [0.15, 0.2) is 0 Å². The molecule has 0 amide bonds. The van der Waals surface area contributed by atoms with Crippen molar-refractivity contribution in [3.8, 4) is 5.75 Å². The fraction of sp³-hybridized carbons (Fsp3) is 0.462. The van der Waals surface area contributed by atoms with Crippen LogP contribution >= 0.6 is 0 Å². The molecule has 17 heavy (non-hydrogen) atoms. The maximum Gasteiger partial charge on any atom is 0.306 e. The van der Waals surface area contributed by atoms with Gasteiger partial charge in [0.25, 0.3) is 0 Å². The number of hydrogen-bond acceptors (Lipinski definition) is 4. The Morgan fingerprint density at radius 1 is 1.35 bits per heavy atom. The van der Waals surface area contributed by atoms with E-state index < -0.39 is 0 Å². The Labute approximate surface area is 102 Å². The Kier molecular flexibility index (Phi) is 6.10. The van der Waals surface area contributed by atoms with Gasteiger partial charge in [-0.25, -0.2) is 0 Å². The fourth-order valence-electron chi connectivity index (χ4n) is 1.41. The molecule has 0 fully saturated rings. The van der Waals surface area contributed by atoms with E-state index in [4.69, 9.17) is 15.2 Å². The number of rotatable bonds is 7. The molecule has 0 heterocycles. The number of carbonyl (C=O) groups excluding carboxylic acids is 1. The average molecular weight is 237 g/mol. The third-order valence-corrected chi connectivity index (χ3v) is 2.37. The molecule has 1 rings (SSSR count). The Balaban J connectivity index is 2.31. The van der Waals surface area contributed by atoms with E-state index in [1.807, 2.05) is 24.3 Å². The van der Waals surface area contributed by atoms with Gasteiger partial charge >= 0.3 is 5.97 Å². The first kappa shape index (κ1) is 13.5. The Morgan fingerprint density at radius 2 is 2.18 bits per heavy atom. The van der Waals surface area contributed by atoms with Crippen LogP contribution < -0.4 is 10.5 Å². The van der Waals surface area contributed by atoms with E-state index in [1.54, 1.807) is 7.11 Å². The van der Waals surface area contributed by atoms with Crippen molar-refractivity contribution < 1.29 is 14.3 Å². The minimum Gasteiger partial charge on any atom is -0.497 e. The summed E-state index contributed by atoms with van der Waals surface area (Å²) in [5.74, 6) is 0.586. The van der Waals surface area contributed by atoms with Crippen LogP contribution in [-0.4, -0.2) is 19.6 Å². The average Bonchev–Trinajstić information content (AvgIpc) is 2.37. The Bertz CT molecular complexity index is 352. The lowest BCUT2D eigenvalue weighted by atomic mass is 10.2. The zero-order valence-corrected chi connectivity index (χ0v) is 10.1. The van der Waals surface area contributed by atoms with E-state index in [-0.39, 0.29) is 5.97 Å². The molecule has 4 heteroatoms. The monoisotopic (exact) mass is 237 g/mol. The number of carbonyl (C=O) groups is 1. The number of hydrogen-bond donors (Lipinski definition) is 1. The molecule has 0 spiro atoms. The van der Waals surface area contributed by atoms with Crippen molar-refractivity contribution in [1.82, 2.24) is 0 Å². The fourth-order valence-corrected chi connectivity index (χ4v) is 1.41. The number of unbranched alkanes of at least 4 members (excludes halogenated alkanes) is 1. The van der Waals surface area contributed by atoms with Crippen LogP contribution in [0.3, 0.4) is 0 Å². The number of benzene rings is 1. The maximum absolute atomic E-state index is 11.4. The molecule has 2 N–H and O–H groups in total.